The molecule has 0 aliphatic heterocycles. The van der Waals surface area contributed by atoms with Crippen LogP contribution in [-0.4, -0.2) is 8.42 Å². The van der Waals surface area contributed by atoms with E-state index in [1.54, 1.807) is 24.3 Å². The molecule has 136 valence electrons. The van der Waals surface area contributed by atoms with E-state index in [1.807, 2.05) is 0 Å². The SMILES string of the molecule is CCCCc1ccc(NS(=O)(=O)c2ccc(Br)c(C(F)(F)F)c2)cc1. The van der Waals surface area contributed by atoms with Gasteiger partial charge in [0.25, 0.3) is 10.0 Å². The first kappa shape index (κ1) is 19.8. The van der Waals surface area contributed by atoms with Crippen molar-refractivity contribution in [2.24, 2.45) is 0 Å². The van der Waals surface area contributed by atoms with Crippen LogP contribution in [0.3, 0.4) is 0 Å². The first-order valence-corrected chi connectivity index (χ1v) is 9.89. The molecule has 0 aromatic heterocycles. The average molecular weight is 436 g/mol. The lowest BCUT2D eigenvalue weighted by molar-refractivity contribution is -0.138. The van der Waals surface area contributed by atoms with Gasteiger partial charge in [0.05, 0.1) is 10.5 Å². The Morgan fingerprint density at radius 3 is 2.28 bits per heavy atom. The summed E-state index contributed by atoms with van der Waals surface area (Å²) in [7, 11) is -4.11. The topological polar surface area (TPSA) is 46.2 Å². The molecule has 8 heteroatoms. The van der Waals surface area contributed by atoms with Crippen LogP contribution in [0, 0.1) is 0 Å². The van der Waals surface area contributed by atoms with Gasteiger partial charge in [0.1, 0.15) is 0 Å². The normalized spacial score (nSPS) is 12.2. The van der Waals surface area contributed by atoms with Crippen molar-refractivity contribution >= 4 is 31.6 Å². The number of halogens is 4. The Morgan fingerprint density at radius 2 is 1.72 bits per heavy atom. The number of hydrogen-bond acceptors (Lipinski definition) is 2. The largest absolute Gasteiger partial charge is 0.417 e. The number of aryl methyl sites for hydroxylation is 1. The van der Waals surface area contributed by atoms with Crippen LogP contribution in [-0.2, 0) is 22.6 Å². The van der Waals surface area contributed by atoms with E-state index in [9.17, 15) is 21.6 Å². The molecule has 2 aromatic carbocycles. The van der Waals surface area contributed by atoms with Crippen LogP contribution in [0.2, 0.25) is 0 Å². The molecule has 0 unspecified atom stereocenters. The van der Waals surface area contributed by atoms with Crippen molar-refractivity contribution in [1.82, 2.24) is 0 Å². The van der Waals surface area contributed by atoms with Crippen LogP contribution in [0.5, 0.6) is 0 Å². The van der Waals surface area contributed by atoms with Crippen LogP contribution >= 0.6 is 15.9 Å². The summed E-state index contributed by atoms with van der Waals surface area (Å²) in [6, 6.07) is 9.62. The molecule has 0 saturated carbocycles. The molecule has 0 amide bonds. The molecule has 0 spiro atoms. The molecule has 1 N–H and O–H groups in total. The lowest BCUT2D eigenvalue weighted by Gasteiger charge is -2.13. The van der Waals surface area contributed by atoms with Crippen LogP contribution in [0.15, 0.2) is 51.8 Å². The first-order chi connectivity index (χ1) is 11.6. The van der Waals surface area contributed by atoms with E-state index in [1.165, 1.54) is 0 Å². The fourth-order valence-electron chi connectivity index (χ4n) is 2.22. The van der Waals surface area contributed by atoms with Crippen molar-refractivity contribution in [2.75, 3.05) is 4.72 Å². The third-order valence-corrected chi connectivity index (χ3v) is 5.65. The number of rotatable bonds is 6. The van der Waals surface area contributed by atoms with Crippen molar-refractivity contribution in [1.29, 1.82) is 0 Å². The maximum atomic E-state index is 12.9. The van der Waals surface area contributed by atoms with Gasteiger partial charge in [0, 0.05) is 10.2 Å². The zero-order chi connectivity index (χ0) is 18.7. The maximum absolute atomic E-state index is 12.9. The monoisotopic (exact) mass is 435 g/mol. The van der Waals surface area contributed by atoms with Gasteiger partial charge in [-0.1, -0.05) is 41.4 Å². The molecule has 0 aliphatic carbocycles. The third-order valence-electron chi connectivity index (χ3n) is 3.58. The summed E-state index contributed by atoms with van der Waals surface area (Å²) < 4.78 is 65.6. The fraction of sp³-hybridized carbons (Fsp3) is 0.294. The van der Waals surface area contributed by atoms with Crippen molar-refractivity contribution in [3.05, 3.63) is 58.1 Å². The van der Waals surface area contributed by atoms with Gasteiger partial charge in [0.2, 0.25) is 0 Å². The second-order valence-corrected chi connectivity index (χ2v) is 8.08. The van der Waals surface area contributed by atoms with Crippen molar-refractivity contribution in [3.8, 4) is 0 Å². The van der Waals surface area contributed by atoms with Gasteiger partial charge in [0.15, 0.2) is 0 Å². The maximum Gasteiger partial charge on any atom is 0.417 e. The van der Waals surface area contributed by atoms with Crippen LogP contribution < -0.4 is 4.72 Å². The Balaban J connectivity index is 2.24. The fourth-order valence-corrected chi connectivity index (χ4v) is 3.78. The number of benzene rings is 2. The third kappa shape index (κ3) is 5.22. The van der Waals surface area contributed by atoms with Gasteiger partial charge < -0.3 is 0 Å². The Kier molecular flexibility index (Phi) is 6.16. The van der Waals surface area contributed by atoms with Gasteiger partial charge in [-0.15, -0.1) is 0 Å². The van der Waals surface area contributed by atoms with E-state index < -0.39 is 26.7 Å². The number of sulfonamides is 1. The summed E-state index contributed by atoms with van der Waals surface area (Å²) in [6.07, 6.45) is -1.67. The molecular formula is C17H17BrF3NO2S. The number of alkyl halides is 3. The standard InChI is InChI=1S/C17H17BrF3NO2S/c1-2-3-4-12-5-7-13(8-6-12)22-25(23,24)14-9-10-16(18)15(11-14)17(19,20)21/h5-11,22H,2-4H2,1H3. The van der Waals surface area contributed by atoms with Crippen molar-refractivity contribution < 1.29 is 21.6 Å². The lowest BCUT2D eigenvalue weighted by Crippen LogP contribution is -2.15. The highest BCUT2D eigenvalue weighted by atomic mass is 79.9. The van der Waals surface area contributed by atoms with E-state index >= 15 is 0 Å². The van der Waals surface area contributed by atoms with E-state index in [4.69, 9.17) is 0 Å². The molecule has 25 heavy (non-hydrogen) atoms. The number of hydrogen-bond donors (Lipinski definition) is 1. The molecule has 3 nitrogen and oxygen atoms in total. The predicted octanol–water partition coefficient (Wildman–Crippen LogP) is 5.61. The number of anilines is 1. The van der Waals surface area contributed by atoms with Gasteiger partial charge >= 0.3 is 6.18 Å². The summed E-state index contributed by atoms with van der Waals surface area (Å²) in [4.78, 5) is -0.446. The zero-order valence-electron chi connectivity index (χ0n) is 13.4. The highest BCUT2D eigenvalue weighted by Gasteiger charge is 2.34. The number of unbranched alkanes of at least 4 members (excludes halogenated alkanes) is 1. The minimum absolute atomic E-state index is 0.209. The molecule has 2 rings (SSSR count). The molecule has 0 saturated heterocycles. The van der Waals surface area contributed by atoms with Gasteiger partial charge in [-0.25, -0.2) is 8.42 Å². The molecule has 0 fully saturated rings. The van der Waals surface area contributed by atoms with E-state index in [0.717, 1.165) is 37.0 Å². The zero-order valence-corrected chi connectivity index (χ0v) is 15.8. The predicted molar refractivity (Wildman–Crippen MR) is 95.0 cm³/mol. The van der Waals surface area contributed by atoms with E-state index in [0.29, 0.717) is 11.8 Å². The first-order valence-electron chi connectivity index (χ1n) is 7.62. The van der Waals surface area contributed by atoms with Gasteiger partial charge in [-0.2, -0.15) is 13.2 Å². The molecule has 0 heterocycles. The molecule has 2 aromatic rings. The Hall–Kier alpha value is -1.54. The smallest absolute Gasteiger partial charge is 0.280 e. The summed E-state index contributed by atoms with van der Waals surface area (Å²) in [5.41, 5.74) is 0.342. The summed E-state index contributed by atoms with van der Waals surface area (Å²) in [5, 5.41) is 0. The summed E-state index contributed by atoms with van der Waals surface area (Å²) >= 11 is 2.79. The van der Waals surface area contributed by atoms with Crippen LogP contribution in [0.25, 0.3) is 0 Å². The van der Waals surface area contributed by atoms with Crippen LogP contribution in [0.1, 0.15) is 30.9 Å². The quantitative estimate of drug-likeness (QED) is 0.640. The van der Waals surface area contributed by atoms with Gasteiger partial charge in [-0.3, -0.25) is 4.72 Å². The molecule has 0 aliphatic rings. The molecule has 0 atom stereocenters. The van der Waals surface area contributed by atoms with E-state index in [-0.39, 0.29) is 4.47 Å². The Bertz CT molecular complexity index is 834. The second kappa shape index (κ2) is 7.78. The van der Waals surface area contributed by atoms with Crippen molar-refractivity contribution in [3.63, 3.8) is 0 Å². The lowest BCUT2D eigenvalue weighted by atomic mass is 10.1. The molecule has 0 bridgehead atoms. The minimum Gasteiger partial charge on any atom is -0.280 e. The average Bonchev–Trinajstić information content (AvgIpc) is 2.53. The highest BCUT2D eigenvalue weighted by Crippen LogP contribution is 2.36. The molecule has 0 radical (unpaired) electrons. The minimum atomic E-state index is -4.65. The Morgan fingerprint density at radius 1 is 1.08 bits per heavy atom. The number of nitrogens with one attached hydrogen (secondary N) is 1. The summed E-state index contributed by atoms with van der Waals surface area (Å²) in [6.45, 7) is 2.08. The second-order valence-electron chi connectivity index (χ2n) is 5.55. The van der Waals surface area contributed by atoms with Crippen LogP contribution in [0.4, 0.5) is 18.9 Å². The Labute approximate surface area is 153 Å². The van der Waals surface area contributed by atoms with E-state index in [2.05, 4.69) is 27.6 Å². The highest BCUT2D eigenvalue weighted by molar-refractivity contribution is 9.10. The van der Waals surface area contributed by atoms with Gasteiger partial charge in [-0.05, 0) is 48.7 Å². The molecular weight excluding hydrogens is 419 g/mol. The van der Waals surface area contributed by atoms with Crippen molar-refractivity contribution in [2.45, 2.75) is 37.3 Å². The summed E-state index contributed by atoms with van der Waals surface area (Å²) in [5.74, 6) is 0.